The molecule has 1 aromatic heterocycles. The van der Waals surface area contributed by atoms with E-state index in [4.69, 9.17) is 0 Å². The Bertz CT molecular complexity index is 770. The lowest BCUT2D eigenvalue weighted by molar-refractivity contribution is 0.252. The number of aromatic nitrogens is 1. The highest BCUT2D eigenvalue weighted by atomic mass is 16.2. The maximum absolute atomic E-state index is 12.2. The van der Waals surface area contributed by atoms with Crippen molar-refractivity contribution < 1.29 is 4.79 Å². The largest absolute Gasteiger partial charge is 0.370 e. The van der Waals surface area contributed by atoms with Crippen LogP contribution in [0.15, 0.2) is 36.4 Å². The standard InChI is InChI=1S/C20H24N4O/c25-20(24-18-6-2-1-5-17(18)14-7-8-14)22-13-11-16-10-9-15-4-3-12-21-19(15)23-16/h1-2,5-6,9-10,14H,3-4,7-8,11-13H2,(H,21,23)(H2,22,24,25). The Morgan fingerprint density at radius 1 is 1.20 bits per heavy atom. The number of anilines is 2. The molecule has 2 heterocycles. The van der Waals surface area contributed by atoms with Crippen LogP contribution in [0, 0.1) is 0 Å². The van der Waals surface area contributed by atoms with E-state index in [1.807, 2.05) is 18.2 Å². The van der Waals surface area contributed by atoms with E-state index >= 15 is 0 Å². The molecule has 5 nitrogen and oxygen atoms in total. The highest BCUT2D eigenvalue weighted by Crippen LogP contribution is 2.43. The molecule has 25 heavy (non-hydrogen) atoms. The summed E-state index contributed by atoms with van der Waals surface area (Å²) in [5.41, 5.74) is 4.47. The van der Waals surface area contributed by atoms with Gasteiger partial charge in [-0.25, -0.2) is 9.78 Å². The number of aryl methyl sites for hydroxylation is 1. The minimum absolute atomic E-state index is 0.149. The molecule has 3 N–H and O–H groups in total. The summed E-state index contributed by atoms with van der Waals surface area (Å²) in [5.74, 6) is 1.62. The van der Waals surface area contributed by atoms with Crippen molar-refractivity contribution in [3.63, 3.8) is 0 Å². The SMILES string of the molecule is O=C(NCCc1ccc2c(n1)NCCC2)Nc1ccccc1C1CC1. The monoisotopic (exact) mass is 336 g/mol. The van der Waals surface area contributed by atoms with E-state index < -0.39 is 0 Å². The minimum atomic E-state index is -0.149. The summed E-state index contributed by atoms with van der Waals surface area (Å²) in [6.07, 6.45) is 5.43. The predicted molar refractivity (Wildman–Crippen MR) is 100 cm³/mol. The fourth-order valence-corrected chi connectivity index (χ4v) is 3.34. The van der Waals surface area contributed by atoms with Crippen LogP contribution in [0.4, 0.5) is 16.3 Å². The second-order valence-corrected chi connectivity index (χ2v) is 6.83. The van der Waals surface area contributed by atoms with Crippen LogP contribution in [0.3, 0.4) is 0 Å². The lowest BCUT2D eigenvalue weighted by Crippen LogP contribution is -2.31. The number of hydrogen-bond acceptors (Lipinski definition) is 3. The summed E-state index contributed by atoms with van der Waals surface area (Å²) in [6, 6.07) is 12.1. The summed E-state index contributed by atoms with van der Waals surface area (Å²) in [7, 11) is 0. The molecule has 1 aliphatic carbocycles. The molecule has 1 saturated carbocycles. The van der Waals surface area contributed by atoms with E-state index in [1.54, 1.807) is 0 Å². The number of pyridine rings is 1. The van der Waals surface area contributed by atoms with Crippen LogP contribution in [-0.4, -0.2) is 24.1 Å². The summed E-state index contributed by atoms with van der Waals surface area (Å²) < 4.78 is 0. The molecule has 130 valence electrons. The number of nitrogens with one attached hydrogen (secondary N) is 3. The molecule has 0 atom stereocenters. The van der Waals surface area contributed by atoms with Gasteiger partial charge in [0, 0.05) is 30.9 Å². The lowest BCUT2D eigenvalue weighted by Gasteiger charge is -2.17. The molecule has 2 aliphatic rings. The van der Waals surface area contributed by atoms with Crippen molar-refractivity contribution in [3.05, 3.63) is 53.2 Å². The predicted octanol–water partition coefficient (Wildman–Crippen LogP) is 3.68. The first-order chi connectivity index (χ1) is 12.3. The number of hydrogen-bond donors (Lipinski definition) is 3. The normalized spacial score (nSPS) is 15.8. The summed E-state index contributed by atoms with van der Waals surface area (Å²) in [5, 5.41) is 9.27. The fourth-order valence-electron chi connectivity index (χ4n) is 3.34. The second-order valence-electron chi connectivity index (χ2n) is 6.83. The minimum Gasteiger partial charge on any atom is -0.370 e. The highest BCUT2D eigenvalue weighted by molar-refractivity contribution is 5.90. The third-order valence-electron chi connectivity index (χ3n) is 4.84. The highest BCUT2D eigenvalue weighted by Gasteiger charge is 2.26. The Morgan fingerprint density at radius 3 is 2.96 bits per heavy atom. The first-order valence-corrected chi connectivity index (χ1v) is 9.16. The molecule has 0 spiro atoms. The van der Waals surface area contributed by atoms with E-state index in [0.29, 0.717) is 12.5 Å². The number of para-hydroxylation sites is 1. The molecular weight excluding hydrogens is 312 g/mol. The Balaban J connectivity index is 1.29. The number of benzene rings is 1. The van der Waals surface area contributed by atoms with Gasteiger partial charge in [-0.05, 0) is 54.9 Å². The van der Waals surface area contributed by atoms with E-state index in [2.05, 4.69) is 39.1 Å². The van der Waals surface area contributed by atoms with Crippen LogP contribution in [0.25, 0.3) is 0 Å². The van der Waals surface area contributed by atoms with Crippen molar-refractivity contribution in [1.29, 1.82) is 0 Å². The van der Waals surface area contributed by atoms with E-state index in [1.165, 1.54) is 24.0 Å². The molecule has 0 radical (unpaired) electrons. The smallest absolute Gasteiger partial charge is 0.319 e. The molecule has 0 unspecified atom stereocenters. The van der Waals surface area contributed by atoms with Gasteiger partial charge in [-0.1, -0.05) is 24.3 Å². The maximum atomic E-state index is 12.2. The van der Waals surface area contributed by atoms with Crippen molar-refractivity contribution in [1.82, 2.24) is 10.3 Å². The van der Waals surface area contributed by atoms with Crippen molar-refractivity contribution in [2.75, 3.05) is 23.7 Å². The zero-order chi connectivity index (χ0) is 17.1. The van der Waals surface area contributed by atoms with Gasteiger partial charge in [-0.3, -0.25) is 0 Å². The number of carbonyl (C=O) groups excluding carboxylic acids is 1. The van der Waals surface area contributed by atoms with Gasteiger partial charge in [-0.2, -0.15) is 0 Å². The maximum Gasteiger partial charge on any atom is 0.319 e. The number of fused-ring (bicyclic) bond motifs is 1. The van der Waals surface area contributed by atoms with Gasteiger partial charge >= 0.3 is 6.03 Å². The van der Waals surface area contributed by atoms with E-state index in [9.17, 15) is 4.79 Å². The molecule has 2 aromatic rings. The quantitative estimate of drug-likeness (QED) is 0.780. The van der Waals surface area contributed by atoms with Crippen molar-refractivity contribution in [3.8, 4) is 0 Å². The lowest BCUT2D eigenvalue weighted by atomic mass is 10.1. The van der Waals surface area contributed by atoms with E-state index in [0.717, 1.165) is 43.0 Å². The second kappa shape index (κ2) is 7.13. The first kappa shape index (κ1) is 15.9. The van der Waals surface area contributed by atoms with Gasteiger partial charge in [-0.15, -0.1) is 0 Å². The Morgan fingerprint density at radius 2 is 2.08 bits per heavy atom. The molecule has 0 saturated heterocycles. The number of carbonyl (C=O) groups is 1. The third kappa shape index (κ3) is 3.92. The van der Waals surface area contributed by atoms with Gasteiger partial charge < -0.3 is 16.0 Å². The van der Waals surface area contributed by atoms with Crippen LogP contribution in [-0.2, 0) is 12.8 Å². The molecule has 1 aliphatic heterocycles. The van der Waals surface area contributed by atoms with Gasteiger partial charge in [0.1, 0.15) is 5.82 Å². The molecule has 4 rings (SSSR count). The van der Waals surface area contributed by atoms with Crippen LogP contribution >= 0.6 is 0 Å². The number of urea groups is 1. The Kier molecular flexibility index (Phi) is 4.55. The Labute approximate surface area is 148 Å². The van der Waals surface area contributed by atoms with Crippen molar-refractivity contribution in [2.24, 2.45) is 0 Å². The fraction of sp³-hybridized carbons (Fsp3) is 0.400. The average Bonchev–Trinajstić information content (AvgIpc) is 3.47. The van der Waals surface area contributed by atoms with Crippen LogP contribution in [0.2, 0.25) is 0 Å². The van der Waals surface area contributed by atoms with Gasteiger partial charge in [0.15, 0.2) is 0 Å². The van der Waals surface area contributed by atoms with Crippen LogP contribution in [0.5, 0.6) is 0 Å². The van der Waals surface area contributed by atoms with Gasteiger partial charge in [0.05, 0.1) is 0 Å². The molecule has 1 aromatic carbocycles. The summed E-state index contributed by atoms with van der Waals surface area (Å²) in [6.45, 7) is 1.56. The number of rotatable bonds is 5. The van der Waals surface area contributed by atoms with Crippen LogP contribution < -0.4 is 16.0 Å². The summed E-state index contributed by atoms with van der Waals surface area (Å²) in [4.78, 5) is 16.8. The van der Waals surface area contributed by atoms with Crippen LogP contribution in [0.1, 0.15) is 42.0 Å². The summed E-state index contributed by atoms with van der Waals surface area (Å²) >= 11 is 0. The van der Waals surface area contributed by atoms with Crippen molar-refractivity contribution >= 4 is 17.5 Å². The van der Waals surface area contributed by atoms with E-state index in [-0.39, 0.29) is 6.03 Å². The number of nitrogens with zero attached hydrogens (tertiary/aromatic N) is 1. The molecule has 0 bridgehead atoms. The molecular formula is C20H24N4O. The Hall–Kier alpha value is -2.56. The first-order valence-electron chi connectivity index (χ1n) is 9.16. The topological polar surface area (TPSA) is 66.0 Å². The zero-order valence-corrected chi connectivity index (χ0v) is 14.3. The van der Waals surface area contributed by atoms with Gasteiger partial charge in [0.25, 0.3) is 0 Å². The molecule has 1 fully saturated rings. The third-order valence-corrected chi connectivity index (χ3v) is 4.84. The average molecular weight is 336 g/mol. The van der Waals surface area contributed by atoms with Crippen molar-refractivity contribution in [2.45, 2.75) is 38.0 Å². The number of amides is 2. The van der Waals surface area contributed by atoms with Gasteiger partial charge in [0.2, 0.25) is 0 Å². The zero-order valence-electron chi connectivity index (χ0n) is 14.3. The molecule has 2 amide bonds. The molecule has 5 heteroatoms.